The van der Waals surface area contributed by atoms with Crippen molar-refractivity contribution in [1.82, 2.24) is 5.32 Å². The van der Waals surface area contributed by atoms with Crippen LogP contribution >= 0.6 is 0 Å². The first kappa shape index (κ1) is 20.6. The topological polar surface area (TPSA) is 58.9 Å². The van der Waals surface area contributed by atoms with Crippen molar-refractivity contribution < 1.29 is 14.5 Å². The minimum atomic E-state index is -0.0803. The minimum absolute atomic E-state index is 0.00253. The molecule has 0 bridgehead atoms. The number of nitrogens with one attached hydrogen (secondary N) is 1. The molecule has 4 nitrogen and oxygen atoms in total. The fourth-order valence-corrected chi connectivity index (χ4v) is 3.81. The molecule has 1 heterocycles. The molecule has 0 aliphatic carbocycles. The Morgan fingerprint density at radius 1 is 0.774 bits per heavy atom. The predicted molar refractivity (Wildman–Crippen MR) is 121 cm³/mol. The summed E-state index contributed by atoms with van der Waals surface area (Å²) < 4.78 is 5.65. The molecule has 0 aliphatic heterocycles. The molecule has 4 heteroatoms. The van der Waals surface area contributed by atoms with E-state index in [1.807, 2.05) is 72.0 Å². The van der Waals surface area contributed by atoms with Gasteiger partial charge >= 0.3 is 0 Å². The zero-order valence-electron chi connectivity index (χ0n) is 17.4. The van der Waals surface area contributed by atoms with Crippen LogP contribution in [0.1, 0.15) is 34.5 Å². The molecule has 1 aromatic heterocycles. The third kappa shape index (κ3) is 5.71. The highest BCUT2D eigenvalue weighted by atomic mass is 16.3. The zero-order valence-corrected chi connectivity index (χ0v) is 17.4. The van der Waals surface area contributed by atoms with Crippen molar-refractivity contribution in [2.45, 2.75) is 18.5 Å². The number of rotatable bonds is 9. The van der Waals surface area contributed by atoms with Crippen LogP contribution in [-0.2, 0) is 11.2 Å². The summed E-state index contributed by atoms with van der Waals surface area (Å²) in [4.78, 5) is 12.9. The van der Waals surface area contributed by atoms with Crippen molar-refractivity contribution in [2.75, 3.05) is 6.54 Å². The van der Waals surface area contributed by atoms with E-state index in [2.05, 4.69) is 41.7 Å². The molecule has 2 atom stereocenters. The molecule has 4 rings (SSSR count). The van der Waals surface area contributed by atoms with Crippen molar-refractivity contribution in [2.24, 2.45) is 0 Å². The van der Waals surface area contributed by atoms with Gasteiger partial charge in [-0.25, -0.2) is 0 Å². The van der Waals surface area contributed by atoms with Gasteiger partial charge in [0.1, 0.15) is 0 Å². The van der Waals surface area contributed by atoms with Crippen LogP contribution in [0.4, 0.5) is 0 Å². The molecular weight excluding hydrogens is 384 g/mol. The summed E-state index contributed by atoms with van der Waals surface area (Å²) >= 11 is 0. The van der Waals surface area contributed by atoms with Gasteiger partial charge < -0.3 is 15.1 Å². The number of carbonyl (C=O) groups excluding carboxylic acids is 1. The first-order valence-electron chi connectivity index (χ1n) is 10.6. The molecule has 0 radical (unpaired) electrons. The van der Waals surface area contributed by atoms with Crippen LogP contribution in [0.15, 0.2) is 114 Å². The first-order valence-corrected chi connectivity index (χ1v) is 10.6. The van der Waals surface area contributed by atoms with Gasteiger partial charge in [-0.2, -0.15) is 0 Å². The Morgan fingerprint density at radius 2 is 1.39 bits per heavy atom. The summed E-state index contributed by atoms with van der Waals surface area (Å²) in [5.41, 5.74) is 3.40. The summed E-state index contributed by atoms with van der Waals surface area (Å²) in [6.07, 6.45) is 2.42. The second kappa shape index (κ2) is 10.4. The predicted octanol–water partition coefficient (Wildman–Crippen LogP) is 4.03. The molecule has 0 unspecified atom stereocenters. The summed E-state index contributed by atoms with van der Waals surface area (Å²) in [6, 6.07) is 34.2. The maximum Gasteiger partial charge on any atom is 0.275 e. The van der Waals surface area contributed by atoms with Crippen molar-refractivity contribution in [1.29, 1.82) is 0 Å². The van der Waals surface area contributed by atoms with E-state index in [1.54, 1.807) is 6.26 Å². The second-order valence-electron chi connectivity index (χ2n) is 7.56. The van der Waals surface area contributed by atoms with Crippen molar-refractivity contribution >= 4 is 5.91 Å². The fraction of sp³-hybridized carbons (Fsp3) is 0.148. The highest BCUT2D eigenvalue weighted by Crippen LogP contribution is 2.19. The van der Waals surface area contributed by atoms with Gasteiger partial charge in [-0.05, 0) is 29.7 Å². The normalized spacial score (nSPS) is 12.8. The number of furan rings is 1. The van der Waals surface area contributed by atoms with Gasteiger partial charge in [0.05, 0.1) is 12.3 Å². The van der Waals surface area contributed by atoms with E-state index >= 15 is 0 Å². The summed E-state index contributed by atoms with van der Waals surface area (Å²) in [5, 5.41) is 5.26. The van der Waals surface area contributed by atoms with E-state index < -0.39 is 0 Å². The second-order valence-corrected chi connectivity index (χ2v) is 7.56. The van der Waals surface area contributed by atoms with Crippen LogP contribution in [0.3, 0.4) is 0 Å². The first-order chi connectivity index (χ1) is 15.3. The van der Waals surface area contributed by atoms with E-state index in [1.165, 1.54) is 5.56 Å². The quantitative estimate of drug-likeness (QED) is 0.437. The summed E-state index contributed by atoms with van der Waals surface area (Å²) in [6.45, 7) is 0.304. The van der Waals surface area contributed by atoms with Crippen molar-refractivity contribution in [3.05, 3.63) is 132 Å². The summed E-state index contributed by atoms with van der Waals surface area (Å²) in [5.74, 6) is 0.833. The molecule has 1 amide bonds. The third-order valence-electron chi connectivity index (χ3n) is 5.37. The van der Waals surface area contributed by atoms with Crippen LogP contribution in [0.2, 0.25) is 0 Å². The Labute approximate surface area is 182 Å². The SMILES string of the molecule is O=C(C[NH2+][C@@H](c1ccccc1)c1ccco1)N[C@@H](Cc1ccccc1)c1ccccc1. The van der Waals surface area contributed by atoms with Gasteiger partial charge in [-0.15, -0.1) is 0 Å². The van der Waals surface area contributed by atoms with Crippen molar-refractivity contribution in [3.63, 3.8) is 0 Å². The molecule has 0 aliphatic rings. The molecule has 156 valence electrons. The zero-order chi connectivity index (χ0) is 21.3. The van der Waals surface area contributed by atoms with E-state index in [-0.39, 0.29) is 18.0 Å². The lowest BCUT2D eigenvalue weighted by molar-refractivity contribution is -0.678. The van der Waals surface area contributed by atoms with Crippen LogP contribution < -0.4 is 10.6 Å². The lowest BCUT2D eigenvalue weighted by Crippen LogP contribution is -2.87. The molecule has 3 aromatic carbocycles. The molecule has 4 aromatic rings. The largest absolute Gasteiger partial charge is 0.463 e. The smallest absolute Gasteiger partial charge is 0.275 e. The standard InChI is InChI=1S/C27H26N2O2/c30-26(20-28-27(25-17-10-18-31-25)23-15-8-3-9-16-23)29-24(22-13-6-2-7-14-22)19-21-11-4-1-5-12-21/h1-18,24,27-28H,19-20H2,(H,29,30)/p+1/t24-,27-/m0/s1. The molecule has 31 heavy (non-hydrogen) atoms. The van der Waals surface area contributed by atoms with E-state index in [9.17, 15) is 4.79 Å². The molecule has 0 saturated carbocycles. The third-order valence-corrected chi connectivity index (χ3v) is 5.37. The van der Waals surface area contributed by atoms with Crippen LogP contribution in [0.25, 0.3) is 0 Å². The van der Waals surface area contributed by atoms with Gasteiger partial charge in [0.15, 0.2) is 18.3 Å². The van der Waals surface area contributed by atoms with Gasteiger partial charge in [-0.1, -0.05) is 91.0 Å². The minimum Gasteiger partial charge on any atom is -0.463 e. The Balaban J connectivity index is 1.45. The lowest BCUT2D eigenvalue weighted by Gasteiger charge is -2.20. The molecule has 0 saturated heterocycles. The summed E-state index contributed by atoms with van der Waals surface area (Å²) in [7, 11) is 0. The Bertz CT molecular complexity index is 1050. The van der Waals surface area contributed by atoms with Crippen LogP contribution in [0, 0.1) is 0 Å². The maximum absolute atomic E-state index is 12.9. The number of carbonyl (C=O) groups is 1. The van der Waals surface area contributed by atoms with Gasteiger partial charge in [0, 0.05) is 5.56 Å². The van der Waals surface area contributed by atoms with E-state index in [4.69, 9.17) is 4.42 Å². The number of hydrogen-bond donors (Lipinski definition) is 2. The Morgan fingerprint density at radius 3 is 2.00 bits per heavy atom. The highest BCUT2D eigenvalue weighted by molar-refractivity contribution is 5.77. The van der Waals surface area contributed by atoms with Crippen molar-refractivity contribution in [3.8, 4) is 0 Å². The number of hydrogen-bond acceptors (Lipinski definition) is 2. The van der Waals surface area contributed by atoms with E-state index in [0.29, 0.717) is 6.54 Å². The van der Waals surface area contributed by atoms with Gasteiger partial charge in [-0.3, -0.25) is 4.79 Å². The van der Waals surface area contributed by atoms with Crippen LogP contribution in [-0.4, -0.2) is 12.5 Å². The molecular formula is C27H27N2O2+. The average Bonchev–Trinajstić information content (AvgIpc) is 3.35. The number of nitrogens with two attached hydrogens (primary N) is 1. The van der Waals surface area contributed by atoms with Gasteiger partial charge in [0.2, 0.25) is 0 Å². The Kier molecular flexibility index (Phi) is 6.93. The van der Waals surface area contributed by atoms with Gasteiger partial charge in [0.25, 0.3) is 5.91 Å². The average molecular weight is 412 g/mol. The monoisotopic (exact) mass is 411 g/mol. The lowest BCUT2D eigenvalue weighted by atomic mass is 9.99. The number of benzene rings is 3. The molecule has 0 fully saturated rings. The number of amides is 1. The number of quaternary nitrogens is 1. The highest BCUT2D eigenvalue weighted by Gasteiger charge is 2.23. The maximum atomic E-state index is 12.9. The van der Waals surface area contributed by atoms with Crippen LogP contribution in [0.5, 0.6) is 0 Å². The molecule has 3 N–H and O–H groups in total. The van der Waals surface area contributed by atoms with E-state index in [0.717, 1.165) is 23.3 Å². The Hall–Kier alpha value is -3.63. The molecule has 0 spiro atoms. The fourth-order valence-electron chi connectivity index (χ4n) is 3.81.